The number of rotatable bonds is 3. The molecule has 0 saturated carbocycles. The van der Waals surface area contributed by atoms with Crippen molar-refractivity contribution in [2.45, 2.75) is 6.42 Å². The van der Waals surface area contributed by atoms with Gasteiger partial charge in [0.05, 0.1) is 0 Å². The molecule has 2 aromatic carbocycles. The first kappa shape index (κ1) is 15.6. The van der Waals surface area contributed by atoms with E-state index in [-0.39, 0.29) is 0 Å². The maximum atomic E-state index is 8.91. The highest BCUT2D eigenvalue weighted by Crippen LogP contribution is 2.39. The van der Waals surface area contributed by atoms with Crippen LogP contribution < -0.4 is 0 Å². The number of fused-ring (bicyclic) bond motifs is 2. The summed E-state index contributed by atoms with van der Waals surface area (Å²) in [6.07, 6.45) is 7.40. The Morgan fingerprint density at radius 1 is 1.04 bits per heavy atom. The largest absolute Gasteiger partial charge is 0.313 e. The summed E-state index contributed by atoms with van der Waals surface area (Å²) < 4.78 is 1.10. The van der Waals surface area contributed by atoms with Gasteiger partial charge in [-0.25, -0.2) is 0 Å². The summed E-state index contributed by atoms with van der Waals surface area (Å²) in [6, 6.07) is 16.9. The van der Waals surface area contributed by atoms with Crippen molar-refractivity contribution in [3.05, 3.63) is 76.9 Å². The van der Waals surface area contributed by atoms with Gasteiger partial charge in [-0.15, -0.1) is 0 Å². The number of nitriles is 1. The highest BCUT2D eigenvalue weighted by molar-refractivity contribution is 9.15. The zero-order valence-corrected chi connectivity index (χ0v) is 14.5. The van der Waals surface area contributed by atoms with Crippen molar-refractivity contribution in [1.29, 1.82) is 5.26 Å². The summed E-state index contributed by atoms with van der Waals surface area (Å²) in [5.41, 5.74) is 6.08. The highest BCUT2D eigenvalue weighted by atomic mass is 79.9. The molecule has 0 aliphatic heterocycles. The van der Waals surface area contributed by atoms with Gasteiger partial charge in [-0.05, 0) is 40.3 Å². The zero-order valence-electron chi connectivity index (χ0n) is 13.0. The second-order valence-electron chi connectivity index (χ2n) is 5.55. The third kappa shape index (κ3) is 3.23. The number of halogens is 1. The molecule has 0 amide bonds. The van der Waals surface area contributed by atoms with Crippen LogP contribution in [-0.2, 0) is 0 Å². The second kappa shape index (κ2) is 6.85. The van der Waals surface area contributed by atoms with E-state index in [4.69, 9.17) is 5.26 Å². The Morgan fingerprint density at radius 3 is 2.43 bits per heavy atom. The molecule has 0 spiro atoms. The molecule has 0 N–H and O–H groups in total. The Kier molecular flexibility index (Phi) is 4.64. The lowest BCUT2D eigenvalue weighted by molar-refractivity contribution is 0.483. The first-order valence-electron chi connectivity index (χ1n) is 7.58. The molecule has 1 aliphatic rings. The quantitative estimate of drug-likeness (QED) is 0.557. The van der Waals surface area contributed by atoms with Crippen LogP contribution in [-0.4, -0.2) is 18.5 Å². The first-order chi connectivity index (χ1) is 11.2. The summed E-state index contributed by atoms with van der Waals surface area (Å²) in [4.78, 5) is 1.65. The highest BCUT2D eigenvalue weighted by Gasteiger charge is 2.17. The average molecular weight is 365 g/mol. The molecule has 2 aromatic rings. The van der Waals surface area contributed by atoms with Crippen LogP contribution in [0.2, 0.25) is 0 Å². The molecule has 0 saturated heterocycles. The lowest BCUT2D eigenvalue weighted by Gasteiger charge is -2.13. The van der Waals surface area contributed by atoms with E-state index in [0.717, 1.165) is 17.4 Å². The van der Waals surface area contributed by atoms with Gasteiger partial charge in [-0.1, -0.05) is 70.5 Å². The standard InChI is InChI=1S/C20H17BrN2/c1-23(14-22)12-6-11-17-16-8-3-2-7-15(16)13-20(21)19-10-5-4-9-18(17)19/h2-5,7-11,13H,6,12H2,1H3. The van der Waals surface area contributed by atoms with Crippen LogP contribution in [0.4, 0.5) is 0 Å². The predicted octanol–water partition coefficient (Wildman–Crippen LogP) is 5.13. The van der Waals surface area contributed by atoms with Gasteiger partial charge in [0.25, 0.3) is 0 Å². The molecule has 0 radical (unpaired) electrons. The average Bonchev–Trinajstić information content (AvgIpc) is 2.70. The van der Waals surface area contributed by atoms with E-state index in [1.54, 1.807) is 4.90 Å². The summed E-state index contributed by atoms with van der Waals surface area (Å²) >= 11 is 3.72. The smallest absolute Gasteiger partial charge is 0.179 e. The molecule has 0 aromatic heterocycles. The van der Waals surface area contributed by atoms with Crippen molar-refractivity contribution in [1.82, 2.24) is 4.90 Å². The van der Waals surface area contributed by atoms with Crippen LogP contribution >= 0.6 is 15.9 Å². The summed E-state index contributed by atoms with van der Waals surface area (Å²) in [7, 11) is 1.81. The van der Waals surface area contributed by atoms with Crippen molar-refractivity contribution in [3.63, 3.8) is 0 Å². The molecule has 0 bridgehead atoms. The van der Waals surface area contributed by atoms with Gasteiger partial charge >= 0.3 is 0 Å². The summed E-state index contributed by atoms with van der Waals surface area (Å²) in [6.45, 7) is 0.721. The van der Waals surface area contributed by atoms with E-state index in [9.17, 15) is 0 Å². The minimum absolute atomic E-state index is 0.721. The molecule has 2 nitrogen and oxygen atoms in total. The lowest BCUT2D eigenvalue weighted by atomic mass is 9.93. The molecule has 23 heavy (non-hydrogen) atoms. The maximum absolute atomic E-state index is 8.91. The molecule has 1 aliphatic carbocycles. The summed E-state index contributed by atoms with van der Waals surface area (Å²) in [5.74, 6) is 0. The third-order valence-electron chi connectivity index (χ3n) is 3.99. The maximum Gasteiger partial charge on any atom is 0.179 e. The minimum atomic E-state index is 0.721. The van der Waals surface area contributed by atoms with Gasteiger partial charge in [0.2, 0.25) is 0 Å². The Morgan fingerprint density at radius 2 is 1.70 bits per heavy atom. The van der Waals surface area contributed by atoms with Crippen LogP contribution in [0.25, 0.3) is 16.1 Å². The van der Waals surface area contributed by atoms with Gasteiger partial charge in [0.15, 0.2) is 6.19 Å². The van der Waals surface area contributed by atoms with Crippen molar-refractivity contribution in [2.24, 2.45) is 0 Å². The first-order valence-corrected chi connectivity index (χ1v) is 8.37. The SMILES string of the molecule is CN(C#N)CCC=C1c2ccccc2C=C(Br)c2ccccc21. The van der Waals surface area contributed by atoms with E-state index >= 15 is 0 Å². The van der Waals surface area contributed by atoms with Crippen LogP contribution in [0, 0.1) is 11.5 Å². The molecule has 114 valence electrons. The number of hydrogen-bond acceptors (Lipinski definition) is 2. The molecule has 0 fully saturated rings. The number of hydrogen-bond donors (Lipinski definition) is 0. The molecule has 3 heteroatoms. The van der Waals surface area contributed by atoms with Crippen LogP contribution in [0.15, 0.2) is 54.6 Å². The van der Waals surface area contributed by atoms with Gasteiger partial charge in [-0.2, -0.15) is 5.26 Å². The van der Waals surface area contributed by atoms with Gasteiger partial charge in [0.1, 0.15) is 0 Å². The van der Waals surface area contributed by atoms with Gasteiger partial charge in [-0.3, -0.25) is 0 Å². The lowest BCUT2D eigenvalue weighted by Crippen LogP contribution is -2.11. The fourth-order valence-corrected chi connectivity index (χ4v) is 3.42. The van der Waals surface area contributed by atoms with E-state index < -0.39 is 0 Å². The summed E-state index contributed by atoms with van der Waals surface area (Å²) in [5, 5.41) is 8.91. The monoisotopic (exact) mass is 364 g/mol. The third-order valence-corrected chi connectivity index (χ3v) is 4.65. The van der Waals surface area contributed by atoms with E-state index in [2.05, 4.69) is 82.8 Å². The van der Waals surface area contributed by atoms with E-state index in [1.165, 1.54) is 27.8 Å². The normalized spacial score (nSPS) is 14.3. The zero-order chi connectivity index (χ0) is 16.2. The van der Waals surface area contributed by atoms with E-state index in [1.807, 2.05) is 7.05 Å². The van der Waals surface area contributed by atoms with Gasteiger partial charge < -0.3 is 4.90 Å². The predicted molar refractivity (Wildman–Crippen MR) is 99.6 cm³/mol. The molecule has 0 heterocycles. The van der Waals surface area contributed by atoms with Crippen LogP contribution in [0.3, 0.4) is 0 Å². The Hall–Kier alpha value is -2.31. The van der Waals surface area contributed by atoms with Crippen molar-refractivity contribution < 1.29 is 0 Å². The van der Waals surface area contributed by atoms with Crippen LogP contribution in [0.5, 0.6) is 0 Å². The van der Waals surface area contributed by atoms with Gasteiger partial charge in [0, 0.05) is 18.1 Å². The molecular weight excluding hydrogens is 348 g/mol. The van der Waals surface area contributed by atoms with Crippen molar-refractivity contribution in [3.8, 4) is 6.19 Å². The Bertz CT molecular complexity index is 828. The van der Waals surface area contributed by atoms with Crippen molar-refractivity contribution >= 4 is 32.1 Å². The Balaban J connectivity index is 2.11. The molecule has 3 rings (SSSR count). The molecule has 0 unspecified atom stereocenters. The van der Waals surface area contributed by atoms with Crippen LogP contribution in [0.1, 0.15) is 28.7 Å². The topological polar surface area (TPSA) is 27.0 Å². The minimum Gasteiger partial charge on any atom is -0.313 e. The second-order valence-corrected chi connectivity index (χ2v) is 6.41. The van der Waals surface area contributed by atoms with E-state index in [0.29, 0.717) is 0 Å². The number of nitrogens with zero attached hydrogens (tertiary/aromatic N) is 2. The van der Waals surface area contributed by atoms with Crippen molar-refractivity contribution in [2.75, 3.05) is 13.6 Å². The Labute approximate surface area is 145 Å². The molecule has 0 atom stereocenters. The molecular formula is C20H17BrN2. The fraction of sp³-hybridized carbons (Fsp3) is 0.150. The fourth-order valence-electron chi connectivity index (χ4n) is 2.83. The number of benzene rings is 2.